The van der Waals surface area contributed by atoms with Crippen LogP contribution in [0.3, 0.4) is 0 Å². The third-order valence-electron chi connectivity index (χ3n) is 5.71. The average molecular weight is 551 g/mol. The van der Waals surface area contributed by atoms with E-state index in [2.05, 4.69) is 38.7 Å². The van der Waals surface area contributed by atoms with Crippen LogP contribution in [-0.4, -0.2) is 77.3 Å². The lowest BCUT2D eigenvalue weighted by Crippen LogP contribution is -2.32. The summed E-state index contributed by atoms with van der Waals surface area (Å²) in [6.45, 7) is 4.70. The molecule has 1 heterocycles. The summed E-state index contributed by atoms with van der Waals surface area (Å²) in [5.74, 6) is 0.0923. The van der Waals surface area contributed by atoms with Gasteiger partial charge >= 0.3 is 6.03 Å². The Morgan fingerprint density at radius 1 is 1.11 bits per heavy atom. The van der Waals surface area contributed by atoms with Crippen molar-refractivity contribution in [3.8, 4) is 0 Å². The molecule has 2 N–H and O–H groups in total. The first-order chi connectivity index (χ1) is 18.0. The zero-order valence-electron chi connectivity index (χ0n) is 20.8. The van der Waals surface area contributed by atoms with Gasteiger partial charge in [-0.1, -0.05) is 40.4 Å². The van der Waals surface area contributed by atoms with Gasteiger partial charge < -0.3 is 29.7 Å². The van der Waals surface area contributed by atoms with Crippen molar-refractivity contribution in [2.75, 3.05) is 71.6 Å². The third kappa shape index (κ3) is 9.68. The Balaban J connectivity index is 1.37. The van der Waals surface area contributed by atoms with E-state index in [1.165, 1.54) is 0 Å². The van der Waals surface area contributed by atoms with E-state index in [4.69, 9.17) is 42.9 Å². The van der Waals surface area contributed by atoms with Crippen molar-refractivity contribution in [1.82, 2.24) is 10.2 Å². The second-order valence-corrected chi connectivity index (χ2v) is 9.35. The Morgan fingerprint density at radius 3 is 2.59 bits per heavy atom. The van der Waals surface area contributed by atoms with Gasteiger partial charge in [0.25, 0.3) is 0 Å². The lowest BCUT2D eigenvalue weighted by atomic mass is 9.84. The molecular weight excluding hydrogens is 519 g/mol. The number of likely N-dealkylation sites (N-methyl/N-ethyl adjacent to an activating group) is 1. The van der Waals surface area contributed by atoms with Gasteiger partial charge in [0.15, 0.2) is 0 Å². The fourth-order valence-corrected chi connectivity index (χ4v) is 4.64. The van der Waals surface area contributed by atoms with E-state index in [9.17, 15) is 4.79 Å². The molecule has 2 aromatic carbocycles. The van der Waals surface area contributed by atoms with Crippen molar-refractivity contribution in [2.24, 2.45) is 5.11 Å². The molecule has 1 aliphatic rings. The fourth-order valence-electron chi connectivity index (χ4n) is 4.07. The first kappa shape index (κ1) is 29.0. The summed E-state index contributed by atoms with van der Waals surface area (Å²) in [5, 5.41) is 10.3. The molecular formula is C25H32Cl2N6O4. The number of carbonyl (C=O) groups is 1. The molecule has 0 bridgehead atoms. The summed E-state index contributed by atoms with van der Waals surface area (Å²) in [6, 6.07) is 11.3. The number of carbonyl (C=O) groups excluding carboxylic acids is 1. The highest BCUT2D eigenvalue weighted by Crippen LogP contribution is 2.38. The van der Waals surface area contributed by atoms with Gasteiger partial charge in [-0.25, -0.2) is 4.79 Å². The number of halogens is 2. The zero-order valence-corrected chi connectivity index (χ0v) is 22.3. The van der Waals surface area contributed by atoms with E-state index in [1.54, 1.807) is 6.07 Å². The summed E-state index contributed by atoms with van der Waals surface area (Å²) in [5.41, 5.74) is 12.1. The third-order valence-corrected chi connectivity index (χ3v) is 6.27. The molecule has 200 valence electrons. The largest absolute Gasteiger partial charge is 0.379 e. The number of urea groups is 1. The van der Waals surface area contributed by atoms with E-state index >= 15 is 0 Å². The molecule has 0 saturated carbocycles. The zero-order chi connectivity index (χ0) is 26.5. The van der Waals surface area contributed by atoms with Gasteiger partial charge in [0.05, 0.1) is 39.6 Å². The smallest absolute Gasteiger partial charge is 0.319 e. The van der Waals surface area contributed by atoms with Crippen LogP contribution in [0.15, 0.2) is 41.5 Å². The van der Waals surface area contributed by atoms with E-state index in [1.807, 2.05) is 24.3 Å². The second kappa shape index (κ2) is 15.6. The minimum atomic E-state index is -0.304. The summed E-state index contributed by atoms with van der Waals surface area (Å²) in [4.78, 5) is 17.2. The molecule has 1 aliphatic heterocycles. The van der Waals surface area contributed by atoms with Crippen molar-refractivity contribution >= 4 is 34.9 Å². The Morgan fingerprint density at radius 2 is 1.84 bits per heavy atom. The van der Waals surface area contributed by atoms with Crippen LogP contribution in [0.25, 0.3) is 10.4 Å². The quantitative estimate of drug-likeness (QED) is 0.147. The minimum absolute atomic E-state index is 0.0923. The lowest BCUT2D eigenvalue weighted by Gasteiger charge is -2.33. The van der Waals surface area contributed by atoms with E-state index in [0.717, 1.165) is 29.8 Å². The Bertz CT molecular complexity index is 1080. The standard InChI is InChI=1S/C25H32Cl2N6O4/c1-33-16-22(21-14-19(26)15-24(27)23(21)17-33)18-3-2-4-20(13-18)31-25(34)29-5-7-35-9-11-37-12-10-36-8-6-30-32-28/h2-4,13-15,22H,5-12,16-17H2,1H3,(H2,29,31,34). The van der Waals surface area contributed by atoms with Crippen LogP contribution < -0.4 is 10.6 Å². The van der Waals surface area contributed by atoms with Gasteiger partial charge in [-0.2, -0.15) is 0 Å². The Kier molecular flexibility index (Phi) is 12.3. The van der Waals surface area contributed by atoms with Crippen molar-refractivity contribution in [2.45, 2.75) is 12.5 Å². The molecule has 0 saturated heterocycles. The highest BCUT2D eigenvalue weighted by molar-refractivity contribution is 6.35. The number of hydrogen-bond acceptors (Lipinski definition) is 6. The summed E-state index contributed by atoms with van der Waals surface area (Å²) >= 11 is 12.8. The topological polar surface area (TPSA) is 121 Å². The average Bonchev–Trinajstić information content (AvgIpc) is 2.87. The maximum Gasteiger partial charge on any atom is 0.319 e. The number of hydrogen-bond donors (Lipinski definition) is 2. The van der Waals surface area contributed by atoms with E-state index in [0.29, 0.717) is 68.5 Å². The highest BCUT2D eigenvalue weighted by Gasteiger charge is 2.27. The van der Waals surface area contributed by atoms with Gasteiger partial charge in [-0.15, -0.1) is 0 Å². The fraction of sp³-hybridized carbons (Fsp3) is 0.480. The molecule has 0 spiro atoms. The number of rotatable bonds is 14. The van der Waals surface area contributed by atoms with Gasteiger partial charge in [0.2, 0.25) is 0 Å². The number of nitrogens with zero attached hydrogens (tertiary/aromatic N) is 4. The van der Waals surface area contributed by atoms with Crippen LogP contribution >= 0.6 is 23.2 Å². The Hall–Kier alpha value is -2.56. The van der Waals surface area contributed by atoms with E-state index in [-0.39, 0.29) is 11.9 Å². The summed E-state index contributed by atoms with van der Waals surface area (Å²) < 4.78 is 16.1. The normalized spacial score (nSPS) is 15.1. The van der Waals surface area contributed by atoms with Crippen LogP contribution in [0.4, 0.5) is 10.5 Å². The number of benzene rings is 2. The summed E-state index contributed by atoms with van der Waals surface area (Å²) in [7, 11) is 2.07. The number of amides is 2. The second-order valence-electron chi connectivity index (χ2n) is 8.50. The minimum Gasteiger partial charge on any atom is -0.379 e. The molecule has 2 amide bonds. The van der Waals surface area contributed by atoms with Crippen LogP contribution in [0.2, 0.25) is 10.0 Å². The number of anilines is 1. The molecule has 1 unspecified atom stereocenters. The molecule has 0 fully saturated rings. The number of nitrogens with one attached hydrogen (secondary N) is 2. The molecule has 12 heteroatoms. The van der Waals surface area contributed by atoms with Crippen LogP contribution in [0, 0.1) is 0 Å². The number of fused-ring (bicyclic) bond motifs is 1. The van der Waals surface area contributed by atoms with Crippen LogP contribution in [0.5, 0.6) is 0 Å². The van der Waals surface area contributed by atoms with Crippen molar-refractivity contribution < 1.29 is 19.0 Å². The molecule has 2 aromatic rings. The Labute approximate surface area is 226 Å². The van der Waals surface area contributed by atoms with Crippen molar-refractivity contribution in [1.29, 1.82) is 0 Å². The SMILES string of the molecule is CN1Cc2c(Cl)cc(Cl)cc2C(c2cccc(NC(=O)NCCOCCOCCOCCN=[N+]=[N-])c2)C1. The van der Waals surface area contributed by atoms with Crippen molar-refractivity contribution in [3.05, 3.63) is 73.6 Å². The monoisotopic (exact) mass is 550 g/mol. The van der Waals surface area contributed by atoms with Gasteiger partial charge in [0, 0.05) is 52.7 Å². The molecule has 0 aliphatic carbocycles. The van der Waals surface area contributed by atoms with Crippen molar-refractivity contribution in [3.63, 3.8) is 0 Å². The maximum absolute atomic E-state index is 12.4. The lowest BCUT2D eigenvalue weighted by molar-refractivity contribution is 0.0169. The van der Waals surface area contributed by atoms with Crippen LogP contribution in [0.1, 0.15) is 22.6 Å². The highest BCUT2D eigenvalue weighted by atomic mass is 35.5. The van der Waals surface area contributed by atoms with E-state index < -0.39 is 0 Å². The first-order valence-corrected chi connectivity index (χ1v) is 12.8. The molecule has 3 rings (SSSR count). The van der Waals surface area contributed by atoms with Gasteiger partial charge in [-0.05, 0) is 53.5 Å². The van der Waals surface area contributed by atoms with Gasteiger partial charge in [-0.3, -0.25) is 0 Å². The van der Waals surface area contributed by atoms with Crippen LogP contribution in [-0.2, 0) is 20.8 Å². The first-order valence-electron chi connectivity index (χ1n) is 12.0. The molecule has 37 heavy (non-hydrogen) atoms. The molecule has 1 atom stereocenters. The predicted molar refractivity (Wildman–Crippen MR) is 145 cm³/mol. The molecule has 0 radical (unpaired) electrons. The number of azide groups is 1. The molecule has 0 aromatic heterocycles. The van der Waals surface area contributed by atoms with Gasteiger partial charge in [0.1, 0.15) is 0 Å². The number of ether oxygens (including phenoxy) is 3. The maximum atomic E-state index is 12.4. The molecule has 10 nitrogen and oxygen atoms in total. The predicted octanol–water partition coefficient (Wildman–Crippen LogP) is 5.05. The summed E-state index contributed by atoms with van der Waals surface area (Å²) in [6.07, 6.45) is 0.